The van der Waals surface area contributed by atoms with Gasteiger partial charge in [0.1, 0.15) is 5.75 Å². The van der Waals surface area contributed by atoms with E-state index in [2.05, 4.69) is 9.80 Å². The number of hydrogen-bond donors (Lipinski definition) is 1. The van der Waals surface area contributed by atoms with Crippen LogP contribution in [0.5, 0.6) is 5.75 Å². The molecule has 0 atom stereocenters. The number of carbonyl (C=O) groups is 1. The maximum absolute atomic E-state index is 11.7. The van der Waals surface area contributed by atoms with Gasteiger partial charge in [0, 0.05) is 49.5 Å². The van der Waals surface area contributed by atoms with Crippen LogP contribution in [0.15, 0.2) is 42.5 Å². The van der Waals surface area contributed by atoms with Crippen molar-refractivity contribution < 1.29 is 14.6 Å². The predicted molar refractivity (Wildman–Crippen MR) is 99.6 cm³/mol. The molecular formula is C20H24N2O3. The topological polar surface area (TPSA) is 53.0 Å². The van der Waals surface area contributed by atoms with Crippen LogP contribution in [0.25, 0.3) is 11.1 Å². The minimum atomic E-state index is 0.188. The first-order valence-electron chi connectivity index (χ1n) is 8.57. The van der Waals surface area contributed by atoms with Gasteiger partial charge in [0.2, 0.25) is 0 Å². The predicted octanol–water partition coefficient (Wildman–Crippen LogP) is 2.29. The lowest BCUT2D eigenvalue weighted by atomic mass is 10.0. The zero-order chi connectivity index (χ0) is 17.6. The first kappa shape index (κ1) is 17.5. The highest BCUT2D eigenvalue weighted by atomic mass is 16.5. The number of benzene rings is 2. The number of carbonyl (C=O) groups excluding carboxylic acids is 1. The van der Waals surface area contributed by atoms with Crippen molar-refractivity contribution in [3.8, 4) is 16.9 Å². The highest BCUT2D eigenvalue weighted by Gasteiger charge is 2.19. The van der Waals surface area contributed by atoms with Crippen LogP contribution in [0.1, 0.15) is 10.4 Å². The molecule has 3 rings (SSSR count). The molecule has 1 heterocycles. The Hall–Kier alpha value is -2.37. The quantitative estimate of drug-likeness (QED) is 0.818. The first-order chi connectivity index (χ1) is 12.3. The molecule has 0 bridgehead atoms. The monoisotopic (exact) mass is 340 g/mol. The van der Waals surface area contributed by atoms with E-state index in [-0.39, 0.29) is 6.61 Å². The molecule has 1 fully saturated rings. The van der Waals surface area contributed by atoms with Crippen LogP contribution in [0.4, 0.5) is 5.69 Å². The lowest BCUT2D eigenvalue weighted by Crippen LogP contribution is -2.47. The van der Waals surface area contributed by atoms with E-state index >= 15 is 0 Å². The fourth-order valence-corrected chi connectivity index (χ4v) is 3.34. The van der Waals surface area contributed by atoms with Crippen molar-refractivity contribution in [2.45, 2.75) is 0 Å². The van der Waals surface area contributed by atoms with E-state index < -0.39 is 0 Å². The van der Waals surface area contributed by atoms with E-state index in [9.17, 15) is 4.79 Å². The molecule has 0 unspecified atom stereocenters. The van der Waals surface area contributed by atoms with Crippen LogP contribution in [0.2, 0.25) is 0 Å². The lowest BCUT2D eigenvalue weighted by Gasteiger charge is -2.36. The molecule has 0 radical (unpaired) electrons. The van der Waals surface area contributed by atoms with Crippen molar-refractivity contribution in [2.75, 3.05) is 51.3 Å². The maximum Gasteiger partial charge on any atom is 0.152 e. The SMILES string of the molecule is COc1ccccc1-c1ccc(N2CCN(CCO)CC2)c(C=O)c1. The number of methoxy groups -OCH3 is 1. The summed E-state index contributed by atoms with van der Waals surface area (Å²) in [4.78, 5) is 16.1. The summed E-state index contributed by atoms with van der Waals surface area (Å²) in [6, 6.07) is 13.8. The number of nitrogens with zero attached hydrogens (tertiary/aromatic N) is 2. The van der Waals surface area contributed by atoms with Gasteiger partial charge in [0.05, 0.1) is 13.7 Å². The van der Waals surface area contributed by atoms with Crippen LogP contribution in [-0.2, 0) is 0 Å². The molecule has 0 aromatic heterocycles. The Morgan fingerprint density at radius 1 is 1.12 bits per heavy atom. The Morgan fingerprint density at radius 3 is 2.56 bits per heavy atom. The van der Waals surface area contributed by atoms with Crippen molar-refractivity contribution in [1.29, 1.82) is 0 Å². The number of ether oxygens (including phenoxy) is 1. The zero-order valence-electron chi connectivity index (χ0n) is 14.5. The molecule has 25 heavy (non-hydrogen) atoms. The fourth-order valence-electron chi connectivity index (χ4n) is 3.34. The largest absolute Gasteiger partial charge is 0.496 e. The Morgan fingerprint density at radius 2 is 1.88 bits per heavy atom. The van der Waals surface area contributed by atoms with Gasteiger partial charge >= 0.3 is 0 Å². The van der Waals surface area contributed by atoms with Crippen molar-refractivity contribution in [3.05, 3.63) is 48.0 Å². The molecule has 0 aliphatic carbocycles. The van der Waals surface area contributed by atoms with Gasteiger partial charge < -0.3 is 14.7 Å². The molecule has 5 nitrogen and oxygen atoms in total. The number of piperazine rings is 1. The average molecular weight is 340 g/mol. The highest BCUT2D eigenvalue weighted by molar-refractivity contribution is 5.88. The van der Waals surface area contributed by atoms with Crippen molar-refractivity contribution in [2.24, 2.45) is 0 Å². The molecule has 2 aromatic carbocycles. The average Bonchev–Trinajstić information content (AvgIpc) is 2.68. The highest BCUT2D eigenvalue weighted by Crippen LogP contribution is 2.32. The van der Waals surface area contributed by atoms with Gasteiger partial charge in [0.15, 0.2) is 6.29 Å². The molecule has 132 valence electrons. The van der Waals surface area contributed by atoms with Gasteiger partial charge in [-0.05, 0) is 23.8 Å². The molecule has 5 heteroatoms. The normalized spacial score (nSPS) is 15.2. The molecule has 1 aliphatic heterocycles. The summed E-state index contributed by atoms with van der Waals surface area (Å²) in [7, 11) is 1.65. The lowest BCUT2D eigenvalue weighted by molar-refractivity contribution is 0.112. The summed E-state index contributed by atoms with van der Waals surface area (Å²) >= 11 is 0. The van der Waals surface area contributed by atoms with Gasteiger partial charge in [0.25, 0.3) is 0 Å². The maximum atomic E-state index is 11.7. The molecule has 0 spiro atoms. The summed E-state index contributed by atoms with van der Waals surface area (Å²) in [6.07, 6.45) is 0.925. The second-order valence-corrected chi connectivity index (χ2v) is 6.14. The second-order valence-electron chi connectivity index (χ2n) is 6.14. The smallest absolute Gasteiger partial charge is 0.152 e. The van der Waals surface area contributed by atoms with Crippen molar-refractivity contribution >= 4 is 12.0 Å². The van der Waals surface area contributed by atoms with E-state index in [0.717, 1.165) is 55.0 Å². The third kappa shape index (κ3) is 3.83. The number of para-hydroxylation sites is 1. The van der Waals surface area contributed by atoms with E-state index in [4.69, 9.17) is 9.84 Å². The van der Waals surface area contributed by atoms with E-state index in [0.29, 0.717) is 12.1 Å². The summed E-state index contributed by atoms with van der Waals surface area (Å²) in [5.41, 5.74) is 3.62. The van der Waals surface area contributed by atoms with Gasteiger partial charge in [-0.3, -0.25) is 9.69 Å². The third-order valence-corrected chi connectivity index (χ3v) is 4.70. The van der Waals surface area contributed by atoms with Crippen LogP contribution in [0.3, 0.4) is 0 Å². The van der Waals surface area contributed by atoms with Crippen LogP contribution in [0, 0.1) is 0 Å². The van der Waals surface area contributed by atoms with E-state index in [1.165, 1.54) is 0 Å². The number of β-amino-alcohol motifs (C(OH)–C–C–N with tert-alkyl or cyclic N) is 1. The zero-order valence-corrected chi connectivity index (χ0v) is 14.5. The Balaban J connectivity index is 1.85. The molecule has 1 saturated heterocycles. The fraction of sp³-hybridized carbons (Fsp3) is 0.350. The van der Waals surface area contributed by atoms with Crippen molar-refractivity contribution in [1.82, 2.24) is 4.90 Å². The molecule has 1 aliphatic rings. The van der Waals surface area contributed by atoms with Crippen LogP contribution in [-0.4, -0.2) is 62.7 Å². The summed E-state index contributed by atoms with van der Waals surface area (Å²) in [6.45, 7) is 4.40. The Bertz CT molecular complexity index is 725. The van der Waals surface area contributed by atoms with Crippen molar-refractivity contribution in [3.63, 3.8) is 0 Å². The number of hydrogen-bond acceptors (Lipinski definition) is 5. The molecule has 0 amide bonds. The van der Waals surface area contributed by atoms with Gasteiger partial charge in [-0.15, -0.1) is 0 Å². The minimum absolute atomic E-state index is 0.188. The molecule has 0 saturated carbocycles. The minimum Gasteiger partial charge on any atom is -0.496 e. The Kier molecular flexibility index (Phi) is 5.68. The number of aliphatic hydroxyl groups excluding tert-OH is 1. The van der Waals surface area contributed by atoms with Gasteiger partial charge in [-0.1, -0.05) is 24.3 Å². The van der Waals surface area contributed by atoms with Crippen LogP contribution < -0.4 is 9.64 Å². The third-order valence-electron chi connectivity index (χ3n) is 4.70. The summed E-state index contributed by atoms with van der Waals surface area (Å²) in [5, 5.41) is 9.05. The summed E-state index contributed by atoms with van der Waals surface area (Å²) in [5.74, 6) is 0.796. The molecular weight excluding hydrogens is 316 g/mol. The van der Waals surface area contributed by atoms with E-state index in [1.54, 1.807) is 7.11 Å². The molecule has 2 aromatic rings. The number of aliphatic hydroxyl groups is 1. The number of aldehydes is 1. The van der Waals surface area contributed by atoms with Gasteiger partial charge in [-0.25, -0.2) is 0 Å². The van der Waals surface area contributed by atoms with Gasteiger partial charge in [-0.2, -0.15) is 0 Å². The van der Waals surface area contributed by atoms with Crippen LogP contribution >= 0.6 is 0 Å². The van der Waals surface area contributed by atoms with E-state index in [1.807, 2.05) is 42.5 Å². The Labute approximate surface area is 148 Å². The number of anilines is 1. The standard InChI is InChI=1S/C20H24N2O3/c1-25-20-5-3-2-4-18(20)16-6-7-19(17(14-16)15-24)22-10-8-21(9-11-22)12-13-23/h2-7,14-15,23H,8-13H2,1H3. The molecule has 1 N–H and O–H groups in total. The summed E-state index contributed by atoms with van der Waals surface area (Å²) < 4.78 is 5.43. The first-order valence-corrected chi connectivity index (χ1v) is 8.57. The number of rotatable bonds is 6. The second kappa shape index (κ2) is 8.14.